The summed E-state index contributed by atoms with van der Waals surface area (Å²) >= 11 is 0. The van der Waals surface area contributed by atoms with Gasteiger partial charge in [0.15, 0.2) is 0 Å². The maximum absolute atomic E-state index is 12.7. The maximum atomic E-state index is 12.7. The van der Waals surface area contributed by atoms with E-state index in [9.17, 15) is 13.2 Å². The monoisotopic (exact) mass is 271 g/mol. The molecule has 1 saturated carbocycles. The molecular formula is C15H20F3N. The molecular weight excluding hydrogens is 251 g/mol. The Bertz CT molecular complexity index is 375. The van der Waals surface area contributed by atoms with E-state index in [0.29, 0.717) is 12.8 Å². The molecule has 1 N–H and O–H groups in total. The molecule has 2 unspecified atom stereocenters. The highest BCUT2D eigenvalue weighted by Gasteiger charge is 2.41. The standard InChI is InChI=1S/C15H20F3N/c16-15(17,18)13-7-4-8-14(11-13)19-10-9-12-5-2-1-3-6-12/h1-3,5-6,13-14,19H,4,7-11H2. The first-order chi connectivity index (χ1) is 9.05. The van der Waals surface area contributed by atoms with Crippen LogP contribution in [0.4, 0.5) is 13.2 Å². The lowest BCUT2D eigenvalue weighted by atomic mass is 9.85. The summed E-state index contributed by atoms with van der Waals surface area (Å²) in [6.45, 7) is 0.749. The maximum Gasteiger partial charge on any atom is 0.391 e. The van der Waals surface area contributed by atoms with Gasteiger partial charge in [-0.15, -0.1) is 0 Å². The Kier molecular flexibility index (Phi) is 4.86. The van der Waals surface area contributed by atoms with Gasteiger partial charge in [-0.3, -0.25) is 0 Å². The van der Waals surface area contributed by atoms with Gasteiger partial charge in [0.05, 0.1) is 5.92 Å². The van der Waals surface area contributed by atoms with Gasteiger partial charge in [0.2, 0.25) is 0 Å². The fourth-order valence-electron chi connectivity index (χ4n) is 2.74. The van der Waals surface area contributed by atoms with Crippen molar-refractivity contribution >= 4 is 0 Å². The van der Waals surface area contributed by atoms with Crippen molar-refractivity contribution in [3.63, 3.8) is 0 Å². The second-order valence-electron chi connectivity index (χ2n) is 5.29. The van der Waals surface area contributed by atoms with E-state index in [4.69, 9.17) is 0 Å². The van der Waals surface area contributed by atoms with E-state index in [1.165, 1.54) is 5.56 Å². The molecule has 0 saturated heterocycles. The molecule has 0 spiro atoms. The third-order valence-electron chi connectivity index (χ3n) is 3.83. The van der Waals surface area contributed by atoms with Gasteiger partial charge >= 0.3 is 6.18 Å². The smallest absolute Gasteiger partial charge is 0.314 e. The zero-order chi connectivity index (χ0) is 13.7. The van der Waals surface area contributed by atoms with E-state index in [0.717, 1.165) is 19.4 Å². The van der Waals surface area contributed by atoms with Gasteiger partial charge in [-0.2, -0.15) is 13.2 Å². The highest BCUT2D eigenvalue weighted by atomic mass is 19.4. The van der Waals surface area contributed by atoms with Gasteiger partial charge in [-0.1, -0.05) is 36.8 Å². The minimum Gasteiger partial charge on any atom is -0.314 e. The van der Waals surface area contributed by atoms with E-state index in [1.54, 1.807) is 0 Å². The normalized spacial score (nSPS) is 24.4. The van der Waals surface area contributed by atoms with Crippen molar-refractivity contribution in [2.45, 2.75) is 44.3 Å². The van der Waals surface area contributed by atoms with Crippen molar-refractivity contribution in [1.29, 1.82) is 0 Å². The molecule has 0 aliphatic heterocycles. The van der Waals surface area contributed by atoms with Crippen molar-refractivity contribution < 1.29 is 13.2 Å². The van der Waals surface area contributed by atoms with E-state index in [2.05, 4.69) is 5.32 Å². The molecule has 0 aromatic heterocycles. The van der Waals surface area contributed by atoms with Crippen molar-refractivity contribution in [2.75, 3.05) is 6.54 Å². The number of halogens is 3. The molecule has 1 aliphatic carbocycles. The molecule has 106 valence electrons. The quantitative estimate of drug-likeness (QED) is 0.874. The molecule has 1 aromatic rings. The van der Waals surface area contributed by atoms with Gasteiger partial charge in [0.25, 0.3) is 0 Å². The first-order valence-corrected chi connectivity index (χ1v) is 6.90. The van der Waals surface area contributed by atoms with Gasteiger partial charge in [-0.05, 0) is 37.8 Å². The van der Waals surface area contributed by atoms with Crippen LogP contribution in [0.25, 0.3) is 0 Å². The van der Waals surface area contributed by atoms with E-state index in [-0.39, 0.29) is 12.5 Å². The molecule has 1 nitrogen and oxygen atoms in total. The van der Waals surface area contributed by atoms with Crippen LogP contribution in [0.5, 0.6) is 0 Å². The average molecular weight is 271 g/mol. The summed E-state index contributed by atoms with van der Waals surface area (Å²) in [6.07, 6.45) is -1.10. The molecule has 0 bridgehead atoms. The first kappa shape index (κ1) is 14.4. The third kappa shape index (κ3) is 4.53. The topological polar surface area (TPSA) is 12.0 Å². The Morgan fingerprint density at radius 2 is 1.84 bits per heavy atom. The number of alkyl halides is 3. The highest BCUT2D eigenvalue weighted by Crippen LogP contribution is 2.37. The van der Waals surface area contributed by atoms with Crippen LogP contribution >= 0.6 is 0 Å². The van der Waals surface area contributed by atoms with Crippen LogP contribution in [-0.4, -0.2) is 18.8 Å². The van der Waals surface area contributed by atoms with E-state index < -0.39 is 12.1 Å². The molecule has 1 aliphatic rings. The molecule has 1 fully saturated rings. The molecule has 0 radical (unpaired) electrons. The Morgan fingerprint density at radius 1 is 1.11 bits per heavy atom. The van der Waals surface area contributed by atoms with Crippen molar-refractivity contribution in [3.05, 3.63) is 35.9 Å². The lowest BCUT2D eigenvalue weighted by Gasteiger charge is -2.31. The summed E-state index contributed by atoms with van der Waals surface area (Å²) in [4.78, 5) is 0. The molecule has 1 aromatic carbocycles. The van der Waals surface area contributed by atoms with Crippen LogP contribution in [-0.2, 0) is 6.42 Å². The fourth-order valence-corrected chi connectivity index (χ4v) is 2.74. The van der Waals surface area contributed by atoms with Crippen LogP contribution in [0.2, 0.25) is 0 Å². The summed E-state index contributed by atoms with van der Waals surface area (Å²) in [5, 5.41) is 3.27. The van der Waals surface area contributed by atoms with Crippen molar-refractivity contribution in [2.24, 2.45) is 5.92 Å². The molecule has 19 heavy (non-hydrogen) atoms. The zero-order valence-corrected chi connectivity index (χ0v) is 10.9. The largest absolute Gasteiger partial charge is 0.391 e. The molecule has 2 atom stereocenters. The van der Waals surface area contributed by atoms with Gasteiger partial charge in [0.1, 0.15) is 0 Å². The lowest BCUT2D eigenvalue weighted by Crippen LogP contribution is -2.39. The number of benzene rings is 1. The molecule has 2 rings (SSSR count). The number of hydrogen-bond donors (Lipinski definition) is 1. The summed E-state index contributed by atoms with van der Waals surface area (Å²) in [5.74, 6) is -1.12. The van der Waals surface area contributed by atoms with Crippen LogP contribution in [0.3, 0.4) is 0 Å². The minimum absolute atomic E-state index is 0.0177. The Hall–Kier alpha value is -1.03. The minimum atomic E-state index is -4.03. The number of hydrogen-bond acceptors (Lipinski definition) is 1. The van der Waals surface area contributed by atoms with E-state index in [1.807, 2.05) is 30.3 Å². The van der Waals surface area contributed by atoms with Crippen LogP contribution in [0.15, 0.2) is 30.3 Å². The summed E-state index contributed by atoms with van der Waals surface area (Å²) < 4.78 is 38.0. The Morgan fingerprint density at radius 3 is 2.53 bits per heavy atom. The zero-order valence-electron chi connectivity index (χ0n) is 10.9. The average Bonchev–Trinajstić information content (AvgIpc) is 2.39. The SMILES string of the molecule is FC(F)(F)C1CCCC(NCCc2ccccc2)C1. The fraction of sp³-hybridized carbons (Fsp3) is 0.600. The Balaban J connectivity index is 1.74. The summed E-state index contributed by atoms with van der Waals surface area (Å²) in [6, 6.07) is 10.0. The van der Waals surface area contributed by atoms with Crippen molar-refractivity contribution in [1.82, 2.24) is 5.32 Å². The Labute approximate surface area is 112 Å². The van der Waals surface area contributed by atoms with Crippen LogP contribution < -0.4 is 5.32 Å². The second kappa shape index (κ2) is 6.42. The summed E-state index contributed by atoms with van der Waals surface area (Å²) in [7, 11) is 0. The van der Waals surface area contributed by atoms with E-state index >= 15 is 0 Å². The first-order valence-electron chi connectivity index (χ1n) is 6.90. The highest BCUT2D eigenvalue weighted by molar-refractivity contribution is 5.14. The second-order valence-corrected chi connectivity index (χ2v) is 5.29. The molecule has 0 heterocycles. The van der Waals surface area contributed by atoms with Gasteiger partial charge < -0.3 is 5.32 Å². The predicted octanol–water partition coefficient (Wildman–Crippen LogP) is 3.94. The van der Waals surface area contributed by atoms with Crippen LogP contribution in [0.1, 0.15) is 31.2 Å². The predicted molar refractivity (Wildman–Crippen MR) is 69.9 cm³/mol. The van der Waals surface area contributed by atoms with Gasteiger partial charge in [-0.25, -0.2) is 0 Å². The van der Waals surface area contributed by atoms with Gasteiger partial charge in [0, 0.05) is 6.04 Å². The molecule has 0 amide bonds. The molecule has 4 heteroatoms. The lowest BCUT2D eigenvalue weighted by molar-refractivity contribution is -0.183. The number of rotatable bonds is 4. The number of nitrogens with one attached hydrogen (secondary N) is 1. The summed E-state index contributed by atoms with van der Waals surface area (Å²) in [5.41, 5.74) is 1.22. The van der Waals surface area contributed by atoms with Crippen molar-refractivity contribution in [3.8, 4) is 0 Å². The third-order valence-corrected chi connectivity index (χ3v) is 3.83. The van der Waals surface area contributed by atoms with Crippen LogP contribution in [0, 0.1) is 5.92 Å².